The van der Waals surface area contributed by atoms with Crippen LogP contribution in [0.2, 0.25) is 0 Å². The van der Waals surface area contributed by atoms with E-state index in [0.717, 1.165) is 42.7 Å². The van der Waals surface area contributed by atoms with Gasteiger partial charge in [0.15, 0.2) is 0 Å². The average molecular weight is 381 g/mol. The van der Waals surface area contributed by atoms with Crippen LogP contribution in [0.4, 0.5) is 0 Å². The van der Waals surface area contributed by atoms with E-state index in [4.69, 9.17) is 4.74 Å². The van der Waals surface area contributed by atoms with Crippen LogP contribution in [0.1, 0.15) is 74.7 Å². The Morgan fingerprint density at radius 2 is 1.57 bits per heavy atom. The number of amides is 1. The molecular formula is C24H32N2O2. The molecule has 28 heavy (non-hydrogen) atoms. The first-order chi connectivity index (χ1) is 13.7. The predicted molar refractivity (Wildman–Crippen MR) is 116 cm³/mol. The van der Waals surface area contributed by atoms with Crippen molar-refractivity contribution < 1.29 is 9.53 Å². The maximum Gasteiger partial charge on any atom is 0.271 e. The van der Waals surface area contributed by atoms with Gasteiger partial charge >= 0.3 is 0 Å². The maximum atomic E-state index is 12.4. The number of hydrogen-bond acceptors (Lipinski definition) is 3. The van der Waals surface area contributed by atoms with E-state index in [1.54, 1.807) is 12.1 Å². The second kappa shape index (κ2) is 12.7. The number of carbonyl (C=O) groups excluding carboxylic acids is 1. The monoisotopic (exact) mass is 380 g/mol. The molecule has 0 spiro atoms. The molecule has 1 N–H and O–H groups in total. The van der Waals surface area contributed by atoms with E-state index < -0.39 is 0 Å². The molecule has 0 unspecified atom stereocenters. The zero-order valence-corrected chi connectivity index (χ0v) is 17.1. The average Bonchev–Trinajstić information content (AvgIpc) is 2.74. The number of carbonyl (C=O) groups is 1. The van der Waals surface area contributed by atoms with Crippen LogP contribution in [0, 0.1) is 0 Å². The molecule has 2 aromatic rings. The number of ether oxygens (including phenoxy) is 1. The third-order valence-corrected chi connectivity index (χ3v) is 4.55. The molecule has 0 aliphatic heterocycles. The van der Waals surface area contributed by atoms with Gasteiger partial charge in [-0.15, -0.1) is 0 Å². The minimum Gasteiger partial charge on any atom is -0.494 e. The number of benzene rings is 2. The molecule has 0 aliphatic carbocycles. The van der Waals surface area contributed by atoms with Gasteiger partial charge < -0.3 is 4.74 Å². The fraction of sp³-hybridized carbons (Fsp3) is 0.417. The van der Waals surface area contributed by atoms with Crippen molar-refractivity contribution >= 4 is 11.6 Å². The zero-order valence-electron chi connectivity index (χ0n) is 17.1. The number of rotatable bonds is 12. The van der Waals surface area contributed by atoms with Crippen LogP contribution in [-0.2, 0) is 0 Å². The molecule has 1 amide bonds. The topological polar surface area (TPSA) is 50.7 Å². The molecule has 4 nitrogen and oxygen atoms in total. The highest BCUT2D eigenvalue weighted by molar-refractivity contribution is 6.02. The summed E-state index contributed by atoms with van der Waals surface area (Å²) in [5.41, 5.74) is 5.22. The summed E-state index contributed by atoms with van der Waals surface area (Å²) in [6, 6.07) is 17.2. The third-order valence-electron chi connectivity index (χ3n) is 4.55. The van der Waals surface area contributed by atoms with Crippen molar-refractivity contribution in [2.75, 3.05) is 6.61 Å². The largest absolute Gasteiger partial charge is 0.494 e. The van der Waals surface area contributed by atoms with Crippen LogP contribution >= 0.6 is 0 Å². The Morgan fingerprint density at radius 1 is 0.857 bits per heavy atom. The molecule has 2 rings (SSSR count). The van der Waals surface area contributed by atoms with Gasteiger partial charge in [-0.2, -0.15) is 5.10 Å². The summed E-state index contributed by atoms with van der Waals surface area (Å²) >= 11 is 0. The van der Waals surface area contributed by atoms with Gasteiger partial charge in [0, 0.05) is 5.56 Å². The van der Waals surface area contributed by atoms with Gasteiger partial charge in [-0.3, -0.25) is 4.79 Å². The molecule has 2 aromatic carbocycles. The molecule has 0 saturated heterocycles. The lowest BCUT2D eigenvalue weighted by atomic mass is 10.1. The van der Waals surface area contributed by atoms with Crippen molar-refractivity contribution in [3.05, 3.63) is 65.7 Å². The summed E-state index contributed by atoms with van der Waals surface area (Å²) < 4.78 is 5.73. The van der Waals surface area contributed by atoms with Gasteiger partial charge in [-0.1, -0.05) is 69.9 Å². The van der Waals surface area contributed by atoms with Crippen LogP contribution < -0.4 is 10.2 Å². The molecule has 4 heteroatoms. The van der Waals surface area contributed by atoms with Crippen molar-refractivity contribution in [2.45, 2.75) is 58.8 Å². The normalized spacial score (nSPS) is 11.3. The number of nitrogens with one attached hydrogen (secondary N) is 1. The zero-order chi connectivity index (χ0) is 20.0. The lowest BCUT2D eigenvalue weighted by molar-refractivity contribution is 0.0954. The van der Waals surface area contributed by atoms with E-state index >= 15 is 0 Å². The minimum atomic E-state index is -0.209. The van der Waals surface area contributed by atoms with Crippen LogP contribution in [0.15, 0.2) is 59.7 Å². The van der Waals surface area contributed by atoms with Gasteiger partial charge in [-0.25, -0.2) is 5.43 Å². The number of hydrazone groups is 1. The van der Waals surface area contributed by atoms with E-state index in [-0.39, 0.29) is 5.91 Å². The fourth-order valence-corrected chi connectivity index (χ4v) is 2.84. The molecule has 0 bridgehead atoms. The van der Waals surface area contributed by atoms with Gasteiger partial charge in [0.1, 0.15) is 5.75 Å². The highest BCUT2D eigenvalue weighted by atomic mass is 16.5. The lowest BCUT2D eigenvalue weighted by Gasteiger charge is -2.08. The van der Waals surface area contributed by atoms with Crippen molar-refractivity contribution in [1.29, 1.82) is 0 Å². The molecule has 0 fully saturated rings. The van der Waals surface area contributed by atoms with E-state index in [9.17, 15) is 4.79 Å². The fourth-order valence-electron chi connectivity index (χ4n) is 2.84. The maximum absolute atomic E-state index is 12.4. The van der Waals surface area contributed by atoms with E-state index in [1.807, 2.05) is 42.5 Å². The Kier molecular flexibility index (Phi) is 9.84. The first-order valence-electron chi connectivity index (χ1n) is 10.4. The second-order valence-electron chi connectivity index (χ2n) is 6.90. The van der Waals surface area contributed by atoms with E-state index in [1.165, 1.54) is 19.3 Å². The highest BCUT2D eigenvalue weighted by Gasteiger charge is 2.07. The van der Waals surface area contributed by atoms with Gasteiger partial charge in [0.05, 0.1) is 12.3 Å². The molecule has 0 aliphatic rings. The summed E-state index contributed by atoms with van der Waals surface area (Å²) in [5.74, 6) is 0.587. The molecule has 0 saturated carbocycles. The Morgan fingerprint density at radius 3 is 2.25 bits per heavy atom. The first-order valence-corrected chi connectivity index (χ1v) is 10.4. The van der Waals surface area contributed by atoms with Gasteiger partial charge in [0.2, 0.25) is 0 Å². The van der Waals surface area contributed by atoms with Gasteiger partial charge in [-0.05, 0) is 49.1 Å². The van der Waals surface area contributed by atoms with Crippen LogP contribution in [0.3, 0.4) is 0 Å². The van der Waals surface area contributed by atoms with Gasteiger partial charge in [0.25, 0.3) is 5.91 Å². The quantitative estimate of drug-likeness (QED) is 0.280. The number of hydrogen-bond donors (Lipinski definition) is 1. The number of unbranched alkanes of at least 4 members (excludes halogenated alkanes) is 4. The number of nitrogens with zero attached hydrogens (tertiary/aromatic N) is 1. The molecule has 0 aromatic heterocycles. The van der Waals surface area contributed by atoms with E-state index in [0.29, 0.717) is 12.2 Å². The first kappa shape index (κ1) is 21.7. The third kappa shape index (κ3) is 7.55. The minimum absolute atomic E-state index is 0.209. The van der Waals surface area contributed by atoms with Crippen LogP contribution in [-0.4, -0.2) is 18.2 Å². The highest BCUT2D eigenvalue weighted by Crippen LogP contribution is 2.13. The molecule has 0 radical (unpaired) electrons. The van der Waals surface area contributed by atoms with Crippen LogP contribution in [0.5, 0.6) is 5.75 Å². The lowest BCUT2D eigenvalue weighted by Crippen LogP contribution is -2.20. The summed E-state index contributed by atoms with van der Waals surface area (Å²) in [6.07, 6.45) is 7.67. The molecular weight excluding hydrogens is 348 g/mol. The second-order valence-corrected chi connectivity index (χ2v) is 6.90. The van der Waals surface area contributed by atoms with Crippen molar-refractivity contribution in [3.8, 4) is 5.75 Å². The Bertz CT molecular complexity index is 724. The summed E-state index contributed by atoms with van der Waals surface area (Å²) in [7, 11) is 0. The SMILES string of the molecule is CCCCCCOc1ccc(C(=O)N/N=C(\CCCC)c2ccccc2)cc1. The van der Waals surface area contributed by atoms with Crippen molar-refractivity contribution in [1.82, 2.24) is 5.43 Å². The Balaban J connectivity index is 1.92. The molecule has 0 atom stereocenters. The van der Waals surface area contributed by atoms with E-state index in [2.05, 4.69) is 24.4 Å². The molecule has 0 heterocycles. The summed E-state index contributed by atoms with van der Waals surface area (Å²) in [5, 5.41) is 4.39. The predicted octanol–water partition coefficient (Wildman–Crippen LogP) is 5.97. The van der Waals surface area contributed by atoms with Crippen molar-refractivity contribution in [2.24, 2.45) is 5.10 Å². The molecule has 150 valence electrons. The summed E-state index contributed by atoms with van der Waals surface area (Å²) in [4.78, 5) is 12.4. The standard InChI is InChI=1S/C24H32N2O2/c1-3-5-7-11-19-28-22-17-15-21(16-18-22)24(27)26-25-23(14-6-4-2)20-12-9-8-10-13-20/h8-10,12-13,15-18H,3-7,11,14,19H2,1-2H3,(H,26,27)/b25-23+. The summed E-state index contributed by atoms with van der Waals surface area (Å²) in [6.45, 7) is 5.06. The smallest absolute Gasteiger partial charge is 0.271 e. The Hall–Kier alpha value is -2.62. The van der Waals surface area contributed by atoms with Crippen LogP contribution in [0.25, 0.3) is 0 Å². The van der Waals surface area contributed by atoms with Crippen molar-refractivity contribution in [3.63, 3.8) is 0 Å². The Labute approximate surface area is 169 Å².